The zero-order valence-electron chi connectivity index (χ0n) is 10.8. The molecule has 1 saturated heterocycles. The van der Waals surface area contributed by atoms with Crippen LogP contribution in [0, 0.1) is 0 Å². The molecule has 2 N–H and O–H groups in total. The van der Waals surface area contributed by atoms with Crippen molar-refractivity contribution in [1.82, 2.24) is 9.97 Å². The molecule has 4 heteroatoms. The molecule has 3 rings (SSSR count). The van der Waals surface area contributed by atoms with Crippen molar-refractivity contribution in [3.63, 3.8) is 0 Å². The summed E-state index contributed by atoms with van der Waals surface area (Å²) < 4.78 is 5.64. The second-order valence-electron chi connectivity index (χ2n) is 5.35. The molecule has 2 heterocycles. The lowest BCUT2D eigenvalue weighted by molar-refractivity contribution is 0.110. The molecule has 0 bridgehead atoms. The van der Waals surface area contributed by atoms with Crippen LogP contribution in [-0.4, -0.2) is 22.7 Å². The highest BCUT2D eigenvalue weighted by Gasteiger charge is 2.20. The Kier molecular flexibility index (Phi) is 3.46. The number of ether oxygens (including phenoxy) is 1. The number of hydrogen-bond acceptors (Lipinski definition) is 4. The minimum absolute atomic E-state index is 0.299. The van der Waals surface area contributed by atoms with E-state index in [1.807, 2.05) is 0 Å². The monoisotopic (exact) mass is 247 g/mol. The Hall–Kier alpha value is -1.16. The normalized spacial score (nSPS) is 23.7. The van der Waals surface area contributed by atoms with E-state index in [0.29, 0.717) is 11.9 Å². The Bertz CT molecular complexity index is 427. The summed E-state index contributed by atoms with van der Waals surface area (Å²) >= 11 is 0. The predicted molar refractivity (Wildman–Crippen MR) is 70.4 cm³/mol. The number of nitrogens with two attached hydrogens (primary N) is 1. The van der Waals surface area contributed by atoms with Gasteiger partial charge in [0.25, 0.3) is 0 Å². The maximum atomic E-state index is 6.09. The molecule has 0 radical (unpaired) electrons. The van der Waals surface area contributed by atoms with E-state index in [-0.39, 0.29) is 0 Å². The first-order chi connectivity index (χ1) is 8.83. The van der Waals surface area contributed by atoms with Crippen molar-refractivity contribution in [3.8, 4) is 0 Å². The summed E-state index contributed by atoms with van der Waals surface area (Å²) in [6, 6.07) is 0. The Morgan fingerprint density at radius 3 is 2.83 bits per heavy atom. The van der Waals surface area contributed by atoms with Crippen molar-refractivity contribution < 1.29 is 4.74 Å². The number of aromatic nitrogens is 2. The topological polar surface area (TPSA) is 61.0 Å². The lowest BCUT2D eigenvalue weighted by Crippen LogP contribution is -2.15. The molecule has 2 aliphatic rings. The summed E-state index contributed by atoms with van der Waals surface area (Å²) in [5, 5.41) is 0. The van der Waals surface area contributed by atoms with Crippen molar-refractivity contribution in [2.75, 3.05) is 12.3 Å². The molecule has 0 amide bonds. The van der Waals surface area contributed by atoms with Gasteiger partial charge in [-0.2, -0.15) is 0 Å². The standard InChI is InChI=1S/C14H21N3O/c15-14-11-6-2-1-3-7-12(11)16-13(17-14)9-10-5-4-8-18-10/h10H,1-9H2,(H2,15,16,17). The van der Waals surface area contributed by atoms with E-state index in [9.17, 15) is 0 Å². The number of fused-ring (bicyclic) bond motifs is 1. The Morgan fingerprint density at radius 1 is 1.11 bits per heavy atom. The van der Waals surface area contributed by atoms with Gasteiger partial charge < -0.3 is 10.5 Å². The number of aryl methyl sites for hydroxylation is 1. The first-order valence-corrected chi connectivity index (χ1v) is 7.08. The SMILES string of the molecule is Nc1nc(CC2CCCO2)nc2c1CCCCC2. The quantitative estimate of drug-likeness (QED) is 0.812. The molecule has 1 aliphatic heterocycles. The van der Waals surface area contributed by atoms with E-state index >= 15 is 0 Å². The first-order valence-electron chi connectivity index (χ1n) is 7.08. The van der Waals surface area contributed by atoms with Crippen LogP contribution in [-0.2, 0) is 24.0 Å². The lowest BCUT2D eigenvalue weighted by atomic mass is 10.1. The van der Waals surface area contributed by atoms with E-state index < -0.39 is 0 Å². The zero-order valence-corrected chi connectivity index (χ0v) is 10.8. The van der Waals surface area contributed by atoms with Crippen LogP contribution in [0.3, 0.4) is 0 Å². The summed E-state index contributed by atoms with van der Waals surface area (Å²) in [4.78, 5) is 9.20. The maximum Gasteiger partial charge on any atom is 0.133 e. The maximum absolute atomic E-state index is 6.09. The summed E-state index contributed by atoms with van der Waals surface area (Å²) in [5.41, 5.74) is 8.48. The van der Waals surface area contributed by atoms with Gasteiger partial charge in [-0.15, -0.1) is 0 Å². The molecular weight excluding hydrogens is 226 g/mol. The van der Waals surface area contributed by atoms with Gasteiger partial charge in [-0.25, -0.2) is 9.97 Å². The van der Waals surface area contributed by atoms with E-state index in [0.717, 1.165) is 44.5 Å². The molecule has 0 aromatic carbocycles. The van der Waals surface area contributed by atoms with Crippen molar-refractivity contribution >= 4 is 5.82 Å². The van der Waals surface area contributed by atoms with E-state index in [1.54, 1.807) is 0 Å². The third kappa shape index (κ3) is 2.48. The fraction of sp³-hybridized carbons (Fsp3) is 0.714. The lowest BCUT2D eigenvalue weighted by Gasteiger charge is -2.12. The number of nitrogens with zero attached hydrogens (tertiary/aromatic N) is 2. The van der Waals surface area contributed by atoms with Crippen molar-refractivity contribution in [1.29, 1.82) is 0 Å². The van der Waals surface area contributed by atoms with Crippen molar-refractivity contribution in [2.24, 2.45) is 0 Å². The van der Waals surface area contributed by atoms with E-state index in [1.165, 1.54) is 30.5 Å². The highest BCUT2D eigenvalue weighted by atomic mass is 16.5. The van der Waals surface area contributed by atoms with Crippen LogP contribution in [0.1, 0.15) is 49.2 Å². The van der Waals surface area contributed by atoms with Gasteiger partial charge in [0.15, 0.2) is 0 Å². The molecular formula is C14H21N3O. The van der Waals surface area contributed by atoms with Gasteiger partial charge in [-0.05, 0) is 38.5 Å². The molecule has 1 fully saturated rings. The third-order valence-corrected chi connectivity index (χ3v) is 3.95. The van der Waals surface area contributed by atoms with Gasteiger partial charge in [0.2, 0.25) is 0 Å². The van der Waals surface area contributed by atoms with Crippen LogP contribution >= 0.6 is 0 Å². The average molecular weight is 247 g/mol. The zero-order chi connectivity index (χ0) is 12.4. The fourth-order valence-corrected chi connectivity index (χ4v) is 2.95. The van der Waals surface area contributed by atoms with Crippen molar-refractivity contribution in [3.05, 3.63) is 17.1 Å². The van der Waals surface area contributed by atoms with Gasteiger partial charge in [0.05, 0.1) is 6.10 Å². The molecule has 1 aliphatic carbocycles. The van der Waals surface area contributed by atoms with Crippen LogP contribution in [0.2, 0.25) is 0 Å². The fourth-order valence-electron chi connectivity index (χ4n) is 2.95. The minimum atomic E-state index is 0.299. The van der Waals surface area contributed by atoms with Crippen LogP contribution in [0.25, 0.3) is 0 Å². The van der Waals surface area contributed by atoms with Gasteiger partial charge in [-0.1, -0.05) is 6.42 Å². The summed E-state index contributed by atoms with van der Waals surface area (Å²) in [7, 11) is 0. The van der Waals surface area contributed by atoms with Gasteiger partial charge in [0.1, 0.15) is 11.6 Å². The van der Waals surface area contributed by atoms with Crippen LogP contribution < -0.4 is 5.73 Å². The summed E-state index contributed by atoms with van der Waals surface area (Å²) in [6.07, 6.45) is 9.21. The van der Waals surface area contributed by atoms with Crippen molar-refractivity contribution in [2.45, 2.75) is 57.5 Å². The minimum Gasteiger partial charge on any atom is -0.383 e. The molecule has 0 spiro atoms. The molecule has 1 aromatic rings. The first kappa shape index (κ1) is 11.9. The summed E-state index contributed by atoms with van der Waals surface area (Å²) in [6.45, 7) is 0.880. The Morgan fingerprint density at radius 2 is 2.00 bits per heavy atom. The van der Waals surface area contributed by atoms with Crippen LogP contribution in [0.5, 0.6) is 0 Å². The number of rotatable bonds is 2. The molecule has 4 nitrogen and oxygen atoms in total. The van der Waals surface area contributed by atoms with E-state index in [2.05, 4.69) is 4.98 Å². The predicted octanol–water partition coefficient (Wildman–Crippen LogP) is 2.05. The van der Waals surface area contributed by atoms with Crippen LogP contribution in [0.4, 0.5) is 5.82 Å². The molecule has 1 atom stereocenters. The molecule has 18 heavy (non-hydrogen) atoms. The van der Waals surface area contributed by atoms with E-state index in [4.69, 9.17) is 15.5 Å². The average Bonchev–Trinajstić information content (AvgIpc) is 2.73. The second kappa shape index (κ2) is 5.22. The van der Waals surface area contributed by atoms with Crippen LogP contribution in [0.15, 0.2) is 0 Å². The van der Waals surface area contributed by atoms with Gasteiger partial charge in [-0.3, -0.25) is 0 Å². The number of hydrogen-bond donors (Lipinski definition) is 1. The smallest absolute Gasteiger partial charge is 0.133 e. The number of anilines is 1. The third-order valence-electron chi connectivity index (χ3n) is 3.95. The Balaban J connectivity index is 1.82. The molecule has 0 saturated carbocycles. The van der Waals surface area contributed by atoms with Gasteiger partial charge in [0, 0.05) is 24.3 Å². The number of nitrogen functional groups attached to an aromatic ring is 1. The second-order valence-corrected chi connectivity index (χ2v) is 5.35. The molecule has 98 valence electrons. The molecule has 1 aromatic heterocycles. The highest BCUT2D eigenvalue weighted by Crippen LogP contribution is 2.24. The largest absolute Gasteiger partial charge is 0.383 e. The molecule has 1 unspecified atom stereocenters. The van der Waals surface area contributed by atoms with Gasteiger partial charge >= 0.3 is 0 Å². The Labute approximate surface area is 108 Å². The highest BCUT2D eigenvalue weighted by molar-refractivity contribution is 5.43. The summed E-state index contributed by atoms with van der Waals surface area (Å²) in [5.74, 6) is 1.58.